The lowest BCUT2D eigenvalue weighted by Gasteiger charge is -2.14. The third-order valence-corrected chi connectivity index (χ3v) is 3.32. The van der Waals surface area contributed by atoms with Crippen LogP contribution in [0.4, 0.5) is 0 Å². The summed E-state index contributed by atoms with van der Waals surface area (Å²) in [7, 11) is 1.60. The van der Waals surface area contributed by atoms with E-state index in [-0.39, 0.29) is 5.78 Å². The summed E-state index contributed by atoms with van der Waals surface area (Å²) in [5, 5.41) is 0. The largest absolute Gasteiger partial charge is 0.481 e. The molecule has 4 heteroatoms. The van der Waals surface area contributed by atoms with Gasteiger partial charge in [-0.3, -0.25) is 4.79 Å². The maximum absolute atomic E-state index is 11.8. The van der Waals surface area contributed by atoms with E-state index in [4.69, 9.17) is 4.74 Å². The van der Waals surface area contributed by atoms with Crippen molar-refractivity contribution in [3.63, 3.8) is 0 Å². The highest BCUT2D eigenvalue weighted by atomic mass is 16.5. The molecule has 0 saturated carbocycles. The Balaban J connectivity index is 2.04. The van der Waals surface area contributed by atoms with Crippen LogP contribution in [0.25, 0.3) is 5.69 Å². The zero-order valence-electron chi connectivity index (χ0n) is 10.2. The smallest absolute Gasteiger partial charge is 0.213 e. The minimum Gasteiger partial charge on any atom is -0.481 e. The number of fused-ring (bicyclic) bond motifs is 1. The molecule has 18 heavy (non-hydrogen) atoms. The topological polar surface area (TPSA) is 44.1 Å². The molecule has 0 bridgehead atoms. The summed E-state index contributed by atoms with van der Waals surface area (Å²) in [4.78, 5) is 16.0. The molecule has 0 atom stereocenters. The summed E-state index contributed by atoms with van der Waals surface area (Å²) in [5.74, 6) is 0.840. The molecule has 92 valence electrons. The van der Waals surface area contributed by atoms with Gasteiger partial charge in [0.05, 0.1) is 19.0 Å². The number of methoxy groups -OCH3 is 1. The summed E-state index contributed by atoms with van der Waals surface area (Å²) in [5.41, 5.74) is 2.92. The van der Waals surface area contributed by atoms with Gasteiger partial charge >= 0.3 is 0 Å². The highest BCUT2D eigenvalue weighted by Gasteiger charge is 2.20. The van der Waals surface area contributed by atoms with Gasteiger partial charge in [0.15, 0.2) is 5.78 Å². The molecule has 0 fully saturated rings. The van der Waals surface area contributed by atoms with Crippen molar-refractivity contribution in [3.8, 4) is 11.6 Å². The fourth-order valence-electron chi connectivity index (χ4n) is 2.40. The first-order valence-corrected chi connectivity index (χ1v) is 6.03. The minimum absolute atomic E-state index is 0.247. The first-order valence-electron chi connectivity index (χ1n) is 6.03. The van der Waals surface area contributed by atoms with Crippen molar-refractivity contribution in [1.29, 1.82) is 0 Å². The molecule has 1 aliphatic carbocycles. The fourth-order valence-corrected chi connectivity index (χ4v) is 2.40. The molecular weight excluding hydrogens is 228 g/mol. The number of carbonyl (C=O) groups excluding carboxylic acids is 1. The molecule has 2 aromatic rings. The second kappa shape index (κ2) is 4.29. The molecule has 2 heterocycles. The van der Waals surface area contributed by atoms with Gasteiger partial charge in [-0.15, -0.1) is 0 Å². The van der Waals surface area contributed by atoms with Crippen molar-refractivity contribution in [2.75, 3.05) is 7.11 Å². The number of hydrogen-bond donors (Lipinski definition) is 0. The predicted octanol–water partition coefficient (Wildman–Crippen LogP) is 2.40. The van der Waals surface area contributed by atoms with Crippen molar-refractivity contribution >= 4 is 5.78 Å². The first kappa shape index (κ1) is 11.0. The number of rotatable bonds is 2. The zero-order chi connectivity index (χ0) is 12.5. The van der Waals surface area contributed by atoms with Crippen molar-refractivity contribution in [3.05, 3.63) is 41.9 Å². The van der Waals surface area contributed by atoms with Crippen molar-refractivity contribution in [2.24, 2.45) is 0 Å². The number of nitrogens with zero attached hydrogens (tertiary/aromatic N) is 2. The van der Waals surface area contributed by atoms with Crippen LogP contribution in [0.2, 0.25) is 0 Å². The average Bonchev–Trinajstić information content (AvgIpc) is 2.84. The Morgan fingerprint density at radius 3 is 2.89 bits per heavy atom. The Bertz CT molecular complexity index is 584. The number of pyridine rings is 1. The standard InChI is InChI=1S/C14H14N2O2/c1-18-14-6-5-10(9-15-14)16-8-7-11-12(16)3-2-4-13(11)17/h5-9H,2-4H2,1H3. The highest BCUT2D eigenvalue weighted by Crippen LogP contribution is 2.25. The quantitative estimate of drug-likeness (QED) is 0.812. The Labute approximate surface area is 105 Å². The number of Topliss-reactive ketones (excluding diaryl/α,β-unsaturated/α-hetero) is 1. The predicted molar refractivity (Wildman–Crippen MR) is 67.4 cm³/mol. The van der Waals surface area contributed by atoms with Crippen molar-refractivity contribution in [2.45, 2.75) is 19.3 Å². The van der Waals surface area contributed by atoms with Gasteiger partial charge in [0.2, 0.25) is 5.88 Å². The van der Waals surface area contributed by atoms with Crippen LogP contribution in [0.5, 0.6) is 5.88 Å². The molecule has 0 aromatic carbocycles. The normalized spacial score (nSPS) is 14.4. The molecule has 0 saturated heterocycles. The second-order valence-corrected chi connectivity index (χ2v) is 4.38. The number of ketones is 1. The van der Waals surface area contributed by atoms with Gasteiger partial charge in [-0.25, -0.2) is 4.98 Å². The Morgan fingerprint density at radius 1 is 1.28 bits per heavy atom. The van der Waals surface area contributed by atoms with Crippen LogP contribution < -0.4 is 4.74 Å². The molecule has 0 N–H and O–H groups in total. The van der Waals surface area contributed by atoms with Crippen LogP contribution >= 0.6 is 0 Å². The SMILES string of the molecule is COc1ccc(-n2ccc3c2CCCC3=O)cn1. The van der Waals surface area contributed by atoms with Gasteiger partial charge in [0.1, 0.15) is 0 Å². The first-order chi connectivity index (χ1) is 8.79. The van der Waals surface area contributed by atoms with E-state index in [9.17, 15) is 4.79 Å². The van der Waals surface area contributed by atoms with Gasteiger partial charge < -0.3 is 9.30 Å². The molecule has 0 radical (unpaired) electrons. The Morgan fingerprint density at radius 2 is 2.17 bits per heavy atom. The minimum atomic E-state index is 0.247. The van der Waals surface area contributed by atoms with Gasteiger partial charge in [0, 0.05) is 29.9 Å². The average molecular weight is 242 g/mol. The van der Waals surface area contributed by atoms with E-state index in [1.54, 1.807) is 13.3 Å². The van der Waals surface area contributed by atoms with E-state index >= 15 is 0 Å². The van der Waals surface area contributed by atoms with E-state index in [0.29, 0.717) is 12.3 Å². The van der Waals surface area contributed by atoms with Crippen molar-refractivity contribution < 1.29 is 9.53 Å². The Hall–Kier alpha value is -2.10. The molecule has 0 amide bonds. The number of aromatic nitrogens is 2. The molecule has 4 nitrogen and oxygen atoms in total. The molecule has 0 aliphatic heterocycles. The zero-order valence-corrected chi connectivity index (χ0v) is 10.2. The van der Waals surface area contributed by atoms with E-state index in [2.05, 4.69) is 4.98 Å². The van der Waals surface area contributed by atoms with Gasteiger partial charge in [0.25, 0.3) is 0 Å². The summed E-state index contributed by atoms with van der Waals surface area (Å²) in [6, 6.07) is 5.68. The number of ether oxygens (including phenoxy) is 1. The molecule has 0 unspecified atom stereocenters. The highest BCUT2D eigenvalue weighted by molar-refractivity contribution is 5.98. The maximum atomic E-state index is 11.8. The van der Waals surface area contributed by atoms with Crippen LogP contribution in [0, 0.1) is 0 Å². The lowest BCUT2D eigenvalue weighted by Crippen LogP contribution is -2.12. The monoisotopic (exact) mass is 242 g/mol. The van der Waals surface area contributed by atoms with Crippen LogP contribution in [0.3, 0.4) is 0 Å². The summed E-state index contributed by atoms with van der Waals surface area (Å²) < 4.78 is 7.08. The van der Waals surface area contributed by atoms with E-state index in [0.717, 1.165) is 29.8 Å². The van der Waals surface area contributed by atoms with Crippen LogP contribution in [-0.2, 0) is 6.42 Å². The molecule has 3 rings (SSSR count). The third kappa shape index (κ3) is 1.70. The lowest BCUT2D eigenvalue weighted by molar-refractivity contribution is 0.0972. The summed E-state index contributed by atoms with van der Waals surface area (Å²) >= 11 is 0. The third-order valence-electron chi connectivity index (χ3n) is 3.32. The maximum Gasteiger partial charge on any atom is 0.213 e. The second-order valence-electron chi connectivity index (χ2n) is 4.38. The van der Waals surface area contributed by atoms with Gasteiger partial charge in [-0.1, -0.05) is 0 Å². The molecule has 2 aromatic heterocycles. The van der Waals surface area contributed by atoms with Crippen LogP contribution in [0.15, 0.2) is 30.6 Å². The molecule has 1 aliphatic rings. The lowest BCUT2D eigenvalue weighted by atomic mass is 9.97. The number of carbonyl (C=O) groups is 1. The van der Waals surface area contributed by atoms with E-state index < -0.39 is 0 Å². The number of hydrogen-bond acceptors (Lipinski definition) is 3. The molecule has 0 spiro atoms. The van der Waals surface area contributed by atoms with Crippen LogP contribution in [-0.4, -0.2) is 22.4 Å². The molecular formula is C14H14N2O2. The van der Waals surface area contributed by atoms with Crippen molar-refractivity contribution in [1.82, 2.24) is 9.55 Å². The fraction of sp³-hybridized carbons (Fsp3) is 0.286. The Kier molecular flexibility index (Phi) is 2.63. The summed E-state index contributed by atoms with van der Waals surface area (Å²) in [6.45, 7) is 0. The van der Waals surface area contributed by atoms with Crippen LogP contribution in [0.1, 0.15) is 28.9 Å². The van der Waals surface area contributed by atoms with Gasteiger partial charge in [-0.2, -0.15) is 0 Å². The van der Waals surface area contributed by atoms with E-state index in [1.807, 2.05) is 29.0 Å². The van der Waals surface area contributed by atoms with Gasteiger partial charge in [-0.05, 0) is 25.0 Å². The summed E-state index contributed by atoms with van der Waals surface area (Å²) in [6.07, 6.45) is 6.24. The van der Waals surface area contributed by atoms with E-state index in [1.165, 1.54) is 0 Å².